The molecule has 0 aliphatic rings. The highest BCUT2D eigenvalue weighted by Gasteiger charge is 2.31. The molecule has 0 amide bonds. The van der Waals surface area contributed by atoms with Gasteiger partial charge in [0.15, 0.2) is 5.78 Å². The van der Waals surface area contributed by atoms with Gasteiger partial charge in [-0.2, -0.15) is 13.2 Å². The Kier molecular flexibility index (Phi) is 3.46. The number of aryl methyl sites for hydroxylation is 1. The number of ketones is 1. The Balaban J connectivity index is 2.40. The molecule has 0 saturated carbocycles. The molecular weight excluding hydrogens is 257 g/mol. The van der Waals surface area contributed by atoms with Crippen LogP contribution in [0.1, 0.15) is 34.2 Å². The predicted octanol–water partition coefficient (Wildman–Crippen LogP) is 4.09. The molecule has 100 valence electrons. The Morgan fingerprint density at radius 1 is 1.26 bits per heavy atom. The van der Waals surface area contributed by atoms with Crippen LogP contribution in [0.3, 0.4) is 0 Å². The van der Waals surface area contributed by atoms with E-state index in [1.807, 2.05) is 6.92 Å². The second-order valence-corrected chi connectivity index (χ2v) is 4.02. The fourth-order valence-electron chi connectivity index (χ4n) is 1.81. The fourth-order valence-corrected chi connectivity index (χ4v) is 1.81. The molecule has 0 aliphatic heterocycles. The molecule has 0 radical (unpaired) electrons. The number of carbonyl (C=O) groups is 1. The standard InChI is InChI=1S/C14H11F3O2/c1-2-12-11(6-7-19-12)13(18)9-4-3-5-10(8-9)14(15,16)17/h3-8H,2H2,1H3. The van der Waals surface area contributed by atoms with Crippen LogP contribution < -0.4 is 0 Å². The van der Waals surface area contributed by atoms with Crippen LogP contribution in [0, 0.1) is 0 Å². The van der Waals surface area contributed by atoms with E-state index in [-0.39, 0.29) is 5.56 Å². The molecule has 0 spiro atoms. The molecule has 0 saturated heterocycles. The van der Waals surface area contributed by atoms with E-state index in [4.69, 9.17) is 4.42 Å². The van der Waals surface area contributed by atoms with Gasteiger partial charge in [-0.15, -0.1) is 0 Å². The summed E-state index contributed by atoms with van der Waals surface area (Å²) in [6.45, 7) is 1.81. The quantitative estimate of drug-likeness (QED) is 0.785. The molecule has 1 aromatic carbocycles. The number of hydrogen-bond donors (Lipinski definition) is 0. The van der Waals surface area contributed by atoms with Gasteiger partial charge in [0.25, 0.3) is 0 Å². The van der Waals surface area contributed by atoms with Gasteiger partial charge in [0.2, 0.25) is 0 Å². The average molecular weight is 268 g/mol. The number of hydrogen-bond acceptors (Lipinski definition) is 2. The van der Waals surface area contributed by atoms with Crippen molar-refractivity contribution in [3.05, 3.63) is 59.0 Å². The normalized spacial score (nSPS) is 11.6. The molecule has 2 aromatic rings. The zero-order valence-electron chi connectivity index (χ0n) is 10.1. The highest BCUT2D eigenvalue weighted by atomic mass is 19.4. The van der Waals surface area contributed by atoms with Crippen LogP contribution in [-0.4, -0.2) is 5.78 Å². The lowest BCUT2D eigenvalue weighted by molar-refractivity contribution is -0.137. The Bertz CT molecular complexity index is 597. The zero-order chi connectivity index (χ0) is 14.0. The summed E-state index contributed by atoms with van der Waals surface area (Å²) in [7, 11) is 0. The summed E-state index contributed by atoms with van der Waals surface area (Å²) in [4.78, 5) is 12.1. The van der Waals surface area contributed by atoms with Gasteiger partial charge in [-0.1, -0.05) is 19.1 Å². The van der Waals surface area contributed by atoms with Crippen molar-refractivity contribution in [2.24, 2.45) is 0 Å². The summed E-state index contributed by atoms with van der Waals surface area (Å²) in [6.07, 6.45) is -2.59. The molecule has 0 N–H and O–H groups in total. The summed E-state index contributed by atoms with van der Waals surface area (Å²) in [5.41, 5.74) is -0.521. The van der Waals surface area contributed by atoms with Crippen LogP contribution in [-0.2, 0) is 12.6 Å². The second kappa shape index (κ2) is 4.91. The highest BCUT2D eigenvalue weighted by molar-refractivity contribution is 6.09. The van der Waals surface area contributed by atoms with E-state index < -0.39 is 17.5 Å². The van der Waals surface area contributed by atoms with Gasteiger partial charge >= 0.3 is 6.18 Å². The zero-order valence-corrected chi connectivity index (χ0v) is 10.1. The molecule has 0 unspecified atom stereocenters. The van der Waals surface area contributed by atoms with Crippen LogP contribution in [0.4, 0.5) is 13.2 Å². The maximum Gasteiger partial charge on any atom is 0.416 e. The third-order valence-corrected chi connectivity index (χ3v) is 2.76. The molecule has 2 rings (SSSR count). The first-order valence-corrected chi connectivity index (χ1v) is 5.71. The van der Waals surface area contributed by atoms with E-state index in [0.29, 0.717) is 17.7 Å². The molecule has 5 heteroatoms. The minimum absolute atomic E-state index is 0.00549. The average Bonchev–Trinajstić information content (AvgIpc) is 2.85. The van der Waals surface area contributed by atoms with Crippen molar-refractivity contribution in [3.8, 4) is 0 Å². The molecule has 0 aliphatic carbocycles. The first kappa shape index (κ1) is 13.4. The number of carbonyl (C=O) groups excluding carboxylic acids is 1. The minimum atomic E-state index is -4.46. The fraction of sp³-hybridized carbons (Fsp3) is 0.214. The van der Waals surface area contributed by atoms with Gasteiger partial charge in [0.05, 0.1) is 17.4 Å². The van der Waals surface area contributed by atoms with Gasteiger partial charge in [-0.25, -0.2) is 0 Å². The Hall–Kier alpha value is -2.04. The number of halogens is 3. The Labute approximate surface area is 107 Å². The lowest BCUT2D eigenvalue weighted by atomic mass is 10.0. The van der Waals surface area contributed by atoms with Crippen molar-refractivity contribution in [1.82, 2.24) is 0 Å². The van der Waals surface area contributed by atoms with E-state index in [1.54, 1.807) is 0 Å². The molecular formula is C14H11F3O2. The van der Waals surface area contributed by atoms with Crippen molar-refractivity contribution in [1.29, 1.82) is 0 Å². The highest BCUT2D eigenvalue weighted by Crippen LogP contribution is 2.30. The predicted molar refractivity (Wildman–Crippen MR) is 63.0 cm³/mol. The van der Waals surface area contributed by atoms with E-state index >= 15 is 0 Å². The Morgan fingerprint density at radius 3 is 2.63 bits per heavy atom. The van der Waals surface area contributed by atoms with Crippen LogP contribution in [0.2, 0.25) is 0 Å². The number of alkyl halides is 3. The number of furan rings is 1. The van der Waals surface area contributed by atoms with Crippen molar-refractivity contribution in [3.63, 3.8) is 0 Å². The van der Waals surface area contributed by atoms with E-state index in [2.05, 4.69) is 0 Å². The summed E-state index contributed by atoms with van der Waals surface area (Å²) >= 11 is 0. The summed E-state index contributed by atoms with van der Waals surface area (Å²) in [5.74, 6) is 0.0131. The van der Waals surface area contributed by atoms with Gasteiger partial charge in [-0.3, -0.25) is 4.79 Å². The maximum atomic E-state index is 12.6. The molecule has 19 heavy (non-hydrogen) atoms. The minimum Gasteiger partial charge on any atom is -0.469 e. The van der Waals surface area contributed by atoms with Crippen molar-refractivity contribution >= 4 is 5.78 Å². The lowest BCUT2D eigenvalue weighted by Gasteiger charge is -2.08. The topological polar surface area (TPSA) is 30.2 Å². The van der Waals surface area contributed by atoms with Gasteiger partial charge in [0.1, 0.15) is 5.76 Å². The van der Waals surface area contributed by atoms with Gasteiger partial charge < -0.3 is 4.42 Å². The summed E-state index contributed by atoms with van der Waals surface area (Å²) in [5, 5.41) is 0. The van der Waals surface area contributed by atoms with Crippen LogP contribution in [0.5, 0.6) is 0 Å². The van der Waals surface area contributed by atoms with E-state index in [1.165, 1.54) is 24.5 Å². The van der Waals surface area contributed by atoms with Crippen molar-refractivity contribution < 1.29 is 22.4 Å². The molecule has 0 bridgehead atoms. The first-order valence-electron chi connectivity index (χ1n) is 5.71. The van der Waals surface area contributed by atoms with Crippen LogP contribution in [0.25, 0.3) is 0 Å². The summed E-state index contributed by atoms with van der Waals surface area (Å²) in [6, 6.07) is 5.86. The molecule has 0 fully saturated rings. The molecule has 1 heterocycles. The van der Waals surface area contributed by atoms with E-state index in [9.17, 15) is 18.0 Å². The number of rotatable bonds is 3. The smallest absolute Gasteiger partial charge is 0.416 e. The van der Waals surface area contributed by atoms with Crippen LogP contribution in [0.15, 0.2) is 41.0 Å². The SMILES string of the molecule is CCc1occc1C(=O)c1cccc(C(F)(F)F)c1. The maximum absolute atomic E-state index is 12.6. The van der Waals surface area contributed by atoms with Gasteiger partial charge in [-0.05, 0) is 18.2 Å². The molecule has 2 nitrogen and oxygen atoms in total. The van der Waals surface area contributed by atoms with Crippen molar-refractivity contribution in [2.45, 2.75) is 19.5 Å². The molecule has 1 aromatic heterocycles. The van der Waals surface area contributed by atoms with Crippen LogP contribution >= 0.6 is 0 Å². The first-order chi connectivity index (χ1) is 8.93. The van der Waals surface area contributed by atoms with Crippen molar-refractivity contribution in [2.75, 3.05) is 0 Å². The largest absolute Gasteiger partial charge is 0.469 e. The summed E-state index contributed by atoms with van der Waals surface area (Å²) < 4.78 is 42.9. The Morgan fingerprint density at radius 2 is 2.00 bits per heavy atom. The second-order valence-electron chi connectivity index (χ2n) is 4.02. The van der Waals surface area contributed by atoms with Gasteiger partial charge in [0, 0.05) is 12.0 Å². The lowest BCUT2D eigenvalue weighted by Crippen LogP contribution is -2.08. The molecule has 0 atom stereocenters. The monoisotopic (exact) mass is 268 g/mol. The number of benzene rings is 1. The van der Waals surface area contributed by atoms with E-state index in [0.717, 1.165) is 12.1 Å². The third kappa shape index (κ3) is 2.70. The third-order valence-electron chi connectivity index (χ3n) is 2.76.